The van der Waals surface area contributed by atoms with Gasteiger partial charge in [0.1, 0.15) is 11.7 Å². The number of furan rings is 1. The van der Waals surface area contributed by atoms with Gasteiger partial charge in [-0.2, -0.15) is 0 Å². The Balaban J connectivity index is 1.92. The van der Waals surface area contributed by atoms with Crippen LogP contribution >= 0.6 is 11.6 Å². The molecule has 0 aromatic carbocycles. The van der Waals surface area contributed by atoms with E-state index in [-0.39, 0.29) is 11.4 Å². The SMILES string of the molecule is CCCC#Cc1nc(Cl)c2nc(-c3ccco3)n([C@H]3[CH]CCO3)c2n1. The summed E-state index contributed by atoms with van der Waals surface area (Å²) in [5.41, 5.74) is 1.10. The number of unbranched alkanes of at least 4 members (excludes halogenated alkanes) is 1. The molecule has 0 bridgehead atoms. The molecule has 3 aromatic heterocycles. The van der Waals surface area contributed by atoms with E-state index in [2.05, 4.69) is 40.1 Å². The zero-order valence-corrected chi connectivity index (χ0v) is 14.5. The Kier molecular flexibility index (Phi) is 4.43. The number of aromatic nitrogens is 4. The number of imidazole rings is 1. The average molecular weight is 356 g/mol. The van der Waals surface area contributed by atoms with E-state index in [1.807, 2.05) is 16.7 Å². The molecular formula is C18H16ClN4O2. The lowest BCUT2D eigenvalue weighted by molar-refractivity contribution is 0.0755. The summed E-state index contributed by atoms with van der Waals surface area (Å²) in [5.74, 6) is 7.63. The summed E-state index contributed by atoms with van der Waals surface area (Å²) in [6, 6.07) is 3.66. The maximum Gasteiger partial charge on any atom is 0.208 e. The van der Waals surface area contributed by atoms with E-state index in [4.69, 9.17) is 20.8 Å². The fourth-order valence-electron chi connectivity index (χ4n) is 2.73. The van der Waals surface area contributed by atoms with Gasteiger partial charge in [0.25, 0.3) is 0 Å². The van der Waals surface area contributed by atoms with Crippen molar-refractivity contribution in [2.24, 2.45) is 0 Å². The lowest BCUT2D eigenvalue weighted by atomic mass is 10.3. The van der Waals surface area contributed by atoms with Crippen LogP contribution in [0.2, 0.25) is 5.15 Å². The van der Waals surface area contributed by atoms with Gasteiger partial charge in [-0.25, -0.2) is 15.0 Å². The molecule has 1 saturated heterocycles. The van der Waals surface area contributed by atoms with E-state index >= 15 is 0 Å². The monoisotopic (exact) mass is 355 g/mol. The maximum atomic E-state index is 6.35. The Morgan fingerprint density at radius 2 is 2.28 bits per heavy atom. The molecule has 0 saturated carbocycles. The van der Waals surface area contributed by atoms with Gasteiger partial charge in [0.15, 0.2) is 22.4 Å². The minimum absolute atomic E-state index is 0.271. The number of rotatable bonds is 3. The molecule has 0 spiro atoms. The van der Waals surface area contributed by atoms with E-state index in [0.717, 1.165) is 19.3 Å². The third-order valence-electron chi connectivity index (χ3n) is 3.84. The topological polar surface area (TPSA) is 66.0 Å². The van der Waals surface area contributed by atoms with E-state index < -0.39 is 0 Å². The van der Waals surface area contributed by atoms with Crippen molar-refractivity contribution in [2.45, 2.75) is 32.4 Å². The molecule has 25 heavy (non-hydrogen) atoms. The summed E-state index contributed by atoms with van der Waals surface area (Å²) in [6.07, 6.45) is 6.04. The predicted octanol–water partition coefficient (Wildman–Crippen LogP) is 4.01. The fourth-order valence-corrected chi connectivity index (χ4v) is 2.94. The molecule has 0 unspecified atom stereocenters. The van der Waals surface area contributed by atoms with E-state index in [9.17, 15) is 0 Å². The third-order valence-corrected chi connectivity index (χ3v) is 4.11. The van der Waals surface area contributed by atoms with Crippen LogP contribution < -0.4 is 0 Å². The Labute approximate surface area is 150 Å². The maximum absolute atomic E-state index is 6.35. The number of fused-ring (bicyclic) bond motifs is 1. The number of halogens is 1. The van der Waals surface area contributed by atoms with Crippen LogP contribution in [0.1, 0.15) is 38.2 Å². The van der Waals surface area contributed by atoms with Crippen LogP contribution in [0.25, 0.3) is 22.7 Å². The predicted molar refractivity (Wildman–Crippen MR) is 93.7 cm³/mol. The zero-order valence-electron chi connectivity index (χ0n) is 13.7. The summed E-state index contributed by atoms with van der Waals surface area (Å²) in [4.78, 5) is 13.4. The fraction of sp³-hybridized carbons (Fsp3) is 0.333. The van der Waals surface area contributed by atoms with Gasteiger partial charge < -0.3 is 9.15 Å². The summed E-state index contributed by atoms with van der Waals surface area (Å²) >= 11 is 6.35. The van der Waals surface area contributed by atoms with Crippen LogP contribution in [-0.4, -0.2) is 26.1 Å². The lowest BCUT2D eigenvalue weighted by Gasteiger charge is -2.14. The van der Waals surface area contributed by atoms with Crippen molar-refractivity contribution < 1.29 is 9.15 Å². The summed E-state index contributed by atoms with van der Waals surface area (Å²) < 4.78 is 13.2. The third kappa shape index (κ3) is 3.01. The summed E-state index contributed by atoms with van der Waals surface area (Å²) in [5, 5.41) is 0.273. The molecule has 4 rings (SSSR count). The minimum atomic E-state index is -0.271. The standard InChI is InChI=1S/C18H16ClN4O2/c1-2-3-4-8-13-20-16(19)15-18(21-13)23(14-9-6-11-25-14)17(22-15)12-7-5-10-24-12/h5,7,9-10,14H,2-3,6,11H2,1H3/t14-/m1/s1. The molecule has 1 aliphatic heterocycles. The van der Waals surface area contributed by atoms with Gasteiger partial charge in [0, 0.05) is 19.4 Å². The molecule has 0 N–H and O–H groups in total. The van der Waals surface area contributed by atoms with Gasteiger partial charge in [-0.15, -0.1) is 0 Å². The Morgan fingerprint density at radius 1 is 1.36 bits per heavy atom. The number of nitrogens with zero attached hydrogens (tertiary/aromatic N) is 4. The molecule has 4 heterocycles. The number of ether oxygens (including phenoxy) is 1. The Morgan fingerprint density at radius 3 is 3.00 bits per heavy atom. The summed E-state index contributed by atoms with van der Waals surface area (Å²) in [7, 11) is 0. The van der Waals surface area contributed by atoms with Crippen LogP contribution in [0.3, 0.4) is 0 Å². The van der Waals surface area contributed by atoms with Gasteiger partial charge in [0.05, 0.1) is 6.26 Å². The molecule has 127 valence electrons. The lowest BCUT2D eigenvalue weighted by Crippen LogP contribution is -2.10. The first-order valence-electron chi connectivity index (χ1n) is 8.21. The Bertz CT molecular complexity index is 947. The van der Waals surface area contributed by atoms with Crippen molar-refractivity contribution in [3.8, 4) is 23.4 Å². The minimum Gasteiger partial charge on any atom is -0.461 e. The molecule has 1 atom stereocenters. The average Bonchev–Trinajstić information content (AvgIpc) is 3.34. The largest absolute Gasteiger partial charge is 0.461 e. The van der Waals surface area contributed by atoms with E-state index in [1.54, 1.807) is 6.26 Å². The molecule has 0 amide bonds. The van der Waals surface area contributed by atoms with Crippen molar-refractivity contribution in [3.05, 3.63) is 35.8 Å². The molecule has 1 fully saturated rings. The molecular weight excluding hydrogens is 340 g/mol. The van der Waals surface area contributed by atoms with Crippen LogP contribution in [0.15, 0.2) is 22.8 Å². The van der Waals surface area contributed by atoms with Gasteiger partial charge in [-0.3, -0.25) is 4.57 Å². The first-order chi connectivity index (χ1) is 12.3. The smallest absolute Gasteiger partial charge is 0.208 e. The second-order valence-corrected chi connectivity index (χ2v) is 5.99. The first-order valence-corrected chi connectivity index (χ1v) is 8.59. The van der Waals surface area contributed by atoms with E-state index in [1.165, 1.54) is 0 Å². The Hall–Kier alpha value is -2.36. The van der Waals surface area contributed by atoms with Gasteiger partial charge >= 0.3 is 0 Å². The molecule has 6 nitrogen and oxygen atoms in total. The molecule has 0 aliphatic carbocycles. The van der Waals surface area contributed by atoms with Crippen molar-refractivity contribution in [2.75, 3.05) is 6.61 Å². The van der Waals surface area contributed by atoms with Gasteiger partial charge in [-0.05, 0) is 30.9 Å². The van der Waals surface area contributed by atoms with Crippen LogP contribution in [0, 0.1) is 18.3 Å². The molecule has 1 aliphatic rings. The van der Waals surface area contributed by atoms with Gasteiger partial charge in [-0.1, -0.05) is 24.4 Å². The highest BCUT2D eigenvalue weighted by Crippen LogP contribution is 2.34. The molecule has 1 radical (unpaired) electrons. The highest BCUT2D eigenvalue weighted by Gasteiger charge is 2.27. The van der Waals surface area contributed by atoms with E-state index in [0.29, 0.717) is 35.2 Å². The second-order valence-electron chi connectivity index (χ2n) is 5.63. The molecule has 3 aromatic rings. The quantitative estimate of drug-likeness (QED) is 0.524. The number of hydrogen-bond donors (Lipinski definition) is 0. The van der Waals surface area contributed by atoms with Gasteiger partial charge in [0.2, 0.25) is 5.82 Å². The first kappa shape index (κ1) is 16.1. The normalized spacial score (nSPS) is 17.0. The highest BCUT2D eigenvalue weighted by molar-refractivity contribution is 6.33. The van der Waals surface area contributed by atoms with Crippen LogP contribution in [0.5, 0.6) is 0 Å². The molecule has 7 heteroatoms. The van der Waals surface area contributed by atoms with Crippen molar-refractivity contribution in [1.29, 1.82) is 0 Å². The van der Waals surface area contributed by atoms with Crippen LogP contribution in [-0.2, 0) is 4.74 Å². The van der Waals surface area contributed by atoms with Crippen molar-refractivity contribution in [1.82, 2.24) is 19.5 Å². The van der Waals surface area contributed by atoms with Crippen molar-refractivity contribution >= 4 is 22.8 Å². The van der Waals surface area contributed by atoms with Crippen molar-refractivity contribution in [3.63, 3.8) is 0 Å². The zero-order chi connectivity index (χ0) is 17.2. The summed E-state index contributed by atoms with van der Waals surface area (Å²) in [6.45, 7) is 2.73. The highest BCUT2D eigenvalue weighted by atomic mass is 35.5. The second kappa shape index (κ2) is 6.87. The van der Waals surface area contributed by atoms with Crippen LogP contribution in [0.4, 0.5) is 0 Å². The number of hydrogen-bond acceptors (Lipinski definition) is 5.